The Morgan fingerprint density at radius 3 is 3.05 bits per heavy atom. The lowest BCUT2D eigenvalue weighted by atomic mass is 9.99. The van der Waals surface area contributed by atoms with Gasteiger partial charge < -0.3 is 10.5 Å². The van der Waals surface area contributed by atoms with Crippen LogP contribution in [0, 0.1) is 6.92 Å². The number of halogens is 1. The quantitative estimate of drug-likeness (QED) is 0.920. The molecule has 1 saturated carbocycles. The molecule has 0 radical (unpaired) electrons. The Bertz CT molecular complexity index is 480. The van der Waals surface area contributed by atoms with Crippen molar-refractivity contribution >= 4 is 15.9 Å². The second-order valence-electron chi connectivity index (χ2n) is 5.92. The van der Waals surface area contributed by atoms with Crippen molar-refractivity contribution in [3.8, 4) is 0 Å². The molecule has 20 heavy (non-hydrogen) atoms. The fourth-order valence-corrected chi connectivity index (χ4v) is 4.44. The minimum Gasteiger partial charge on any atom is -0.375 e. The molecule has 1 aliphatic heterocycles. The highest BCUT2D eigenvalue weighted by Gasteiger charge is 2.39. The molecule has 0 aromatic heterocycles. The van der Waals surface area contributed by atoms with Crippen LogP contribution in [0.3, 0.4) is 0 Å². The number of hydrogen-bond acceptors (Lipinski definition) is 3. The summed E-state index contributed by atoms with van der Waals surface area (Å²) in [5.74, 6) is 0. The maximum atomic E-state index is 6.12. The summed E-state index contributed by atoms with van der Waals surface area (Å²) in [4.78, 5) is 2.58. The van der Waals surface area contributed by atoms with Crippen molar-refractivity contribution in [3.05, 3.63) is 33.8 Å². The number of hydrogen-bond donors (Lipinski definition) is 1. The summed E-state index contributed by atoms with van der Waals surface area (Å²) < 4.78 is 7.09. The van der Waals surface area contributed by atoms with E-state index < -0.39 is 0 Å². The van der Waals surface area contributed by atoms with Gasteiger partial charge in [-0.25, -0.2) is 0 Å². The first-order chi connectivity index (χ1) is 9.70. The lowest BCUT2D eigenvalue weighted by Gasteiger charge is -2.42. The van der Waals surface area contributed by atoms with Gasteiger partial charge in [0.1, 0.15) is 0 Å². The van der Waals surface area contributed by atoms with Crippen molar-refractivity contribution in [2.24, 2.45) is 5.73 Å². The number of nitrogens with zero attached hydrogens (tertiary/aromatic N) is 1. The first-order valence-electron chi connectivity index (χ1n) is 7.54. The monoisotopic (exact) mass is 338 g/mol. The highest BCUT2D eigenvalue weighted by Crippen LogP contribution is 2.37. The lowest BCUT2D eigenvalue weighted by Crippen LogP contribution is -2.51. The van der Waals surface area contributed by atoms with Crippen molar-refractivity contribution in [3.63, 3.8) is 0 Å². The fourth-order valence-electron chi connectivity index (χ4n) is 3.69. The van der Waals surface area contributed by atoms with Crippen LogP contribution in [0.1, 0.15) is 36.4 Å². The van der Waals surface area contributed by atoms with E-state index in [9.17, 15) is 0 Å². The molecule has 3 nitrogen and oxygen atoms in total. The van der Waals surface area contributed by atoms with Crippen LogP contribution in [0.2, 0.25) is 0 Å². The molecule has 2 N–H and O–H groups in total. The zero-order chi connectivity index (χ0) is 14.1. The third-order valence-corrected chi connectivity index (χ3v) is 5.35. The first kappa shape index (κ1) is 14.5. The second kappa shape index (κ2) is 6.14. The average Bonchev–Trinajstić information content (AvgIpc) is 2.91. The topological polar surface area (TPSA) is 38.5 Å². The van der Waals surface area contributed by atoms with Gasteiger partial charge in [0.15, 0.2) is 0 Å². The van der Waals surface area contributed by atoms with Gasteiger partial charge in [-0.15, -0.1) is 0 Å². The summed E-state index contributed by atoms with van der Waals surface area (Å²) in [5.41, 5.74) is 8.71. The van der Waals surface area contributed by atoms with E-state index in [0.717, 1.165) is 13.2 Å². The molecule has 1 aliphatic carbocycles. The molecule has 3 rings (SSSR count). The molecule has 0 amide bonds. The number of fused-ring (bicyclic) bond motifs is 1. The maximum absolute atomic E-state index is 6.12. The van der Waals surface area contributed by atoms with Gasteiger partial charge in [0.2, 0.25) is 0 Å². The molecular formula is C16H23BrN2O. The van der Waals surface area contributed by atoms with Gasteiger partial charge in [-0.3, -0.25) is 4.90 Å². The Balaban J connectivity index is 1.88. The summed E-state index contributed by atoms with van der Waals surface area (Å²) >= 11 is 3.71. The smallest absolute Gasteiger partial charge is 0.0731 e. The van der Waals surface area contributed by atoms with E-state index in [2.05, 4.69) is 46.0 Å². The number of nitrogens with two attached hydrogens (primary N) is 1. The Hall–Kier alpha value is -0.420. The largest absolute Gasteiger partial charge is 0.375 e. The van der Waals surface area contributed by atoms with Crippen molar-refractivity contribution < 1.29 is 4.74 Å². The van der Waals surface area contributed by atoms with Gasteiger partial charge in [-0.1, -0.05) is 28.1 Å². The van der Waals surface area contributed by atoms with Gasteiger partial charge in [-0.05, 0) is 43.4 Å². The van der Waals surface area contributed by atoms with Gasteiger partial charge in [0, 0.05) is 29.6 Å². The molecule has 2 aliphatic rings. The average molecular weight is 339 g/mol. The van der Waals surface area contributed by atoms with Crippen LogP contribution in [0.5, 0.6) is 0 Å². The van der Waals surface area contributed by atoms with Crippen molar-refractivity contribution in [2.75, 3.05) is 19.7 Å². The van der Waals surface area contributed by atoms with Gasteiger partial charge >= 0.3 is 0 Å². The highest BCUT2D eigenvalue weighted by atomic mass is 79.9. The second-order valence-corrected chi connectivity index (χ2v) is 6.78. The molecule has 1 aromatic carbocycles. The summed E-state index contributed by atoms with van der Waals surface area (Å²) in [6.07, 6.45) is 4.14. The number of ether oxygens (including phenoxy) is 1. The predicted octanol–water partition coefficient (Wildman–Crippen LogP) is 3.01. The normalized spacial score (nSPS) is 28.4. The van der Waals surface area contributed by atoms with E-state index in [1.54, 1.807) is 0 Å². The van der Waals surface area contributed by atoms with Crippen LogP contribution < -0.4 is 5.73 Å². The molecule has 0 spiro atoms. The molecule has 110 valence electrons. The Labute approximate surface area is 129 Å². The summed E-state index contributed by atoms with van der Waals surface area (Å²) in [6, 6.07) is 7.42. The first-order valence-corrected chi connectivity index (χ1v) is 8.33. The van der Waals surface area contributed by atoms with Crippen LogP contribution >= 0.6 is 15.9 Å². The van der Waals surface area contributed by atoms with Gasteiger partial charge in [-0.2, -0.15) is 0 Å². The molecular weight excluding hydrogens is 316 g/mol. The van der Waals surface area contributed by atoms with Crippen molar-refractivity contribution in [2.45, 2.75) is 44.4 Å². The van der Waals surface area contributed by atoms with E-state index >= 15 is 0 Å². The van der Waals surface area contributed by atoms with Gasteiger partial charge in [0.25, 0.3) is 0 Å². The molecule has 3 atom stereocenters. The number of aryl methyl sites for hydroxylation is 1. The molecule has 1 heterocycles. The summed E-state index contributed by atoms with van der Waals surface area (Å²) in [6.45, 7) is 4.60. The Morgan fingerprint density at radius 1 is 1.45 bits per heavy atom. The molecule has 2 fully saturated rings. The summed E-state index contributed by atoms with van der Waals surface area (Å²) in [5, 5.41) is 0. The Morgan fingerprint density at radius 2 is 2.30 bits per heavy atom. The SMILES string of the molecule is Cc1ccc(C(CN)N2CCOC3CCCC32)c(Br)c1. The van der Waals surface area contributed by atoms with E-state index in [1.165, 1.54) is 34.9 Å². The third kappa shape index (κ3) is 2.67. The Kier molecular flexibility index (Phi) is 4.46. The van der Waals surface area contributed by atoms with Crippen LogP contribution in [0.15, 0.2) is 22.7 Å². The van der Waals surface area contributed by atoms with Crippen LogP contribution in [0.4, 0.5) is 0 Å². The molecule has 4 heteroatoms. The molecule has 1 saturated heterocycles. The number of benzene rings is 1. The fraction of sp³-hybridized carbons (Fsp3) is 0.625. The van der Waals surface area contributed by atoms with E-state index in [-0.39, 0.29) is 0 Å². The van der Waals surface area contributed by atoms with Crippen LogP contribution in [-0.4, -0.2) is 36.7 Å². The predicted molar refractivity (Wildman–Crippen MR) is 84.8 cm³/mol. The third-order valence-electron chi connectivity index (χ3n) is 4.66. The minimum absolute atomic E-state index is 0.291. The molecule has 0 bridgehead atoms. The van der Waals surface area contributed by atoms with Gasteiger partial charge in [0.05, 0.1) is 12.7 Å². The maximum Gasteiger partial charge on any atom is 0.0731 e. The van der Waals surface area contributed by atoms with E-state index in [4.69, 9.17) is 10.5 Å². The zero-order valence-electron chi connectivity index (χ0n) is 12.0. The lowest BCUT2D eigenvalue weighted by molar-refractivity contribution is -0.0712. The number of morpholine rings is 1. The number of rotatable bonds is 3. The van der Waals surface area contributed by atoms with Crippen LogP contribution in [-0.2, 0) is 4.74 Å². The van der Waals surface area contributed by atoms with Crippen molar-refractivity contribution in [1.82, 2.24) is 4.90 Å². The molecule has 1 aromatic rings. The molecule has 3 unspecified atom stereocenters. The van der Waals surface area contributed by atoms with Crippen LogP contribution in [0.25, 0.3) is 0 Å². The minimum atomic E-state index is 0.291. The summed E-state index contributed by atoms with van der Waals surface area (Å²) in [7, 11) is 0. The van der Waals surface area contributed by atoms with Crippen molar-refractivity contribution in [1.29, 1.82) is 0 Å². The van der Waals surface area contributed by atoms with E-state index in [1.807, 2.05) is 0 Å². The van der Waals surface area contributed by atoms with E-state index in [0.29, 0.717) is 24.7 Å². The standard InChI is InChI=1S/C16H23BrN2O/c1-11-5-6-12(13(17)9-11)15(10-18)19-7-8-20-16-4-2-3-14(16)19/h5-6,9,14-16H,2-4,7-8,10,18H2,1H3. The zero-order valence-corrected chi connectivity index (χ0v) is 13.6. The highest BCUT2D eigenvalue weighted by molar-refractivity contribution is 9.10.